The van der Waals surface area contributed by atoms with Crippen molar-refractivity contribution < 1.29 is 4.42 Å². The molecule has 0 atom stereocenters. The number of aromatic nitrogens is 5. The first kappa shape index (κ1) is 33.8. The molecule has 0 N–H and O–H groups in total. The van der Waals surface area contributed by atoms with Crippen molar-refractivity contribution in [2.24, 2.45) is 0 Å². The molecule has 0 aliphatic heterocycles. The molecule has 0 unspecified atom stereocenters. The van der Waals surface area contributed by atoms with Gasteiger partial charge >= 0.3 is 0 Å². The van der Waals surface area contributed by atoms with E-state index in [-0.39, 0.29) is 0 Å². The lowest BCUT2D eigenvalue weighted by Gasteiger charge is -2.26. The Labute approximate surface area is 343 Å². The van der Waals surface area contributed by atoms with Crippen molar-refractivity contribution >= 4 is 82.4 Å². The molecule has 0 saturated heterocycles. The van der Waals surface area contributed by atoms with Gasteiger partial charge in [0.25, 0.3) is 0 Å². The molecule has 6 aromatic carbocycles. The number of pyridine rings is 5. The Bertz CT molecular complexity index is 3470. The average molecular weight is 769 g/mol. The van der Waals surface area contributed by atoms with E-state index in [9.17, 15) is 0 Å². The lowest BCUT2D eigenvalue weighted by atomic mass is 10.00. The summed E-state index contributed by atoms with van der Waals surface area (Å²) in [4.78, 5) is 25.5. The van der Waals surface area contributed by atoms with E-state index < -0.39 is 0 Å². The van der Waals surface area contributed by atoms with E-state index in [0.29, 0.717) is 0 Å². The van der Waals surface area contributed by atoms with Crippen LogP contribution in [0.15, 0.2) is 199 Å². The average Bonchev–Trinajstić information content (AvgIpc) is 3.70. The molecule has 0 amide bonds. The topological polar surface area (TPSA) is 80.8 Å². The number of nitrogens with zero attached hydrogens (tertiary/aromatic N) is 6. The highest BCUT2D eigenvalue weighted by Crippen LogP contribution is 2.41. The Hall–Kier alpha value is -8.29. The Morgan fingerprint density at radius 3 is 1.57 bits per heavy atom. The van der Waals surface area contributed by atoms with Crippen LogP contribution in [0.1, 0.15) is 0 Å². The van der Waals surface area contributed by atoms with Crippen molar-refractivity contribution in [3.63, 3.8) is 0 Å². The Kier molecular flexibility index (Phi) is 7.71. The summed E-state index contributed by atoms with van der Waals surface area (Å²) in [6.07, 6.45) is 11.2. The molecule has 0 spiro atoms. The van der Waals surface area contributed by atoms with Crippen molar-refractivity contribution in [3.05, 3.63) is 195 Å². The molecule has 0 radical (unpaired) electrons. The first-order chi connectivity index (χ1) is 29.7. The van der Waals surface area contributed by atoms with Gasteiger partial charge in [-0.1, -0.05) is 66.7 Å². The summed E-state index contributed by atoms with van der Waals surface area (Å²) in [5.74, 6) is 0. The van der Waals surface area contributed by atoms with E-state index >= 15 is 0 Å². The highest BCUT2D eigenvalue weighted by atomic mass is 16.3. The van der Waals surface area contributed by atoms with Gasteiger partial charge in [0.1, 0.15) is 5.58 Å². The highest BCUT2D eigenvalue weighted by Gasteiger charge is 2.17. The normalized spacial score (nSPS) is 11.7. The molecule has 280 valence electrons. The first-order valence-corrected chi connectivity index (χ1v) is 19.8. The molecular formula is C53H32N6O. The fourth-order valence-electron chi connectivity index (χ4n) is 8.44. The zero-order valence-corrected chi connectivity index (χ0v) is 32.1. The van der Waals surface area contributed by atoms with Crippen LogP contribution in [0.4, 0.5) is 17.1 Å². The third-order valence-electron chi connectivity index (χ3n) is 11.5. The summed E-state index contributed by atoms with van der Waals surface area (Å²) >= 11 is 0. The molecule has 12 aromatic rings. The standard InChI is InChI=1S/C53H32N6O/c1-2-8-51-45(7-1)53-46(31-54-32-52(53)60-51)33-13-17-42(18-14-33)59(43-19-15-34-23-38(11-9-36(34)25-43)47-27-49-40(29-57-47)5-3-21-55-49)44-20-16-35-24-39(12-10-37(35)26-44)48-28-50-41(30-58-48)6-4-22-56-50/h1-32H. The van der Waals surface area contributed by atoms with Gasteiger partial charge in [0.2, 0.25) is 0 Å². The van der Waals surface area contributed by atoms with Crippen LogP contribution in [-0.2, 0) is 0 Å². The monoisotopic (exact) mass is 768 g/mol. The Balaban J connectivity index is 0.955. The number of fused-ring (bicyclic) bond motifs is 7. The van der Waals surface area contributed by atoms with Gasteiger partial charge < -0.3 is 9.32 Å². The maximum absolute atomic E-state index is 6.18. The van der Waals surface area contributed by atoms with Gasteiger partial charge in [-0.2, -0.15) is 0 Å². The second-order valence-corrected chi connectivity index (χ2v) is 15.1. The predicted molar refractivity (Wildman–Crippen MR) is 244 cm³/mol. The van der Waals surface area contributed by atoms with Crippen molar-refractivity contribution in [1.29, 1.82) is 0 Å². The lowest BCUT2D eigenvalue weighted by Crippen LogP contribution is -2.10. The van der Waals surface area contributed by atoms with Crippen LogP contribution in [-0.4, -0.2) is 24.9 Å². The second kappa shape index (κ2) is 13.7. The van der Waals surface area contributed by atoms with Gasteiger partial charge in [0.05, 0.1) is 28.6 Å². The van der Waals surface area contributed by atoms with Crippen molar-refractivity contribution in [2.75, 3.05) is 4.90 Å². The number of anilines is 3. The minimum Gasteiger partial charge on any atom is -0.454 e. The molecule has 7 heteroatoms. The third kappa shape index (κ3) is 5.79. The molecular weight excluding hydrogens is 737 g/mol. The quantitative estimate of drug-likeness (QED) is 0.167. The summed E-state index contributed by atoms with van der Waals surface area (Å²) < 4.78 is 6.18. The van der Waals surface area contributed by atoms with Gasteiger partial charge in [0.15, 0.2) is 5.58 Å². The SMILES string of the molecule is c1cnc2cc(-c3ccc4cc(N(c5ccc(-c6cncc7oc8ccccc8c67)cc5)c5ccc6cc(-c7cc8ncccc8cn7)ccc6c5)ccc4c3)ncc2c1. The smallest absolute Gasteiger partial charge is 0.154 e. The number of hydrogen-bond donors (Lipinski definition) is 0. The highest BCUT2D eigenvalue weighted by molar-refractivity contribution is 6.12. The minimum atomic E-state index is 0.777. The number of furan rings is 1. The fourth-order valence-corrected chi connectivity index (χ4v) is 8.44. The zero-order valence-electron chi connectivity index (χ0n) is 32.1. The molecule has 0 aliphatic rings. The lowest BCUT2D eigenvalue weighted by molar-refractivity contribution is 0.667. The van der Waals surface area contributed by atoms with Crippen molar-refractivity contribution in [2.45, 2.75) is 0 Å². The molecule has 0 bridgehead atoms. The Morgan fingerprint density at radius 1 is 0.383 bits per heavy atom. The first-order valence-electron chi connectivity index (χ1n) is 19.8. The van der Waals surface area contributed by atoms with Crippen LogP contribution in [0.25, 0.3) is 98.9 Å². The van der Waals surface area contributed by atoms with Crippen LogP contribution in [0.5, 0.6) is 0 Å². The summed E-state index contributed by atoms with van der Waals surface area (Å²) in [5, 5.41) is 8.72. The van der Waals surface area contributed by atoms with E-state index in [4.69, 9.17) is 14.4 Å². The minimum absolute atomic E-state index is 0.777. The van der Waals surface area contributed by atoms with Gasteiger partial charge in [-0.15, -0.1) is 0 Å². The molecule has 7 nitrogen and oxygen atoms in total. The van der Waals surface area contributed by atoms with Gasteiger partial charge in [-0.25, -0.2) is 0 Å². The van der Waals surface area contributed by atoms with Gasteiger partial charge in [-0.05, 0) is 118 Å². The summed E-state index contributed by atoms with van der Waals surface area (Å²) in [7, 11) is 0. The van der Waals surface area contributed by atoms with Crippen LogP contribution in [0.3, 0.4) is 0 Å². The molecule has 0 fully saturated rings. The molecule has 12 rings (SSSR count). The van der Waals surface area contributed by atoms with Gasteiger partial charge in [0, 0.05) is 86.3 Å². The summed E-state index contributed by atoms with van der Waals surface area (Å²) in [6, 6.07) is 55.3. The number of hydrogen-bond acceptors (Lipinski definition) is 7. The van der Waals surface area contributed by atoms with Crippen LogP contribution in [0.2, 0.25) is 0 Å². The van der Waals surface area contributed by atoms with E-state index in [1.54, 1.807) is 6.20 Å². The summed E-state index contributed by atoms with van der Waals surface area (Å²) in [5.41, 5.74) is 12.6. The van der Waals surface area contributed by atoms with Crippen LogP contribution < -0.4 is 4.90 Å². The van der Waals surface area contributed by atoms with Gasteiger partial charge in [-0.3, -0.25) is 24.9 Å². The van der Waals surface area contributed by atoms with Crippen molar-refractivity contribution in [3.8, 4) is 33.6 Å². The number of rotatable bonds is 6. The molecule has 6 heterocycles. The third-order valence-corrected chi connectivity index (χ3v) is 11.5. The number of para-hydroxylation sites is 1. The second-order valence-electron chi connectivity index (χ2n) is 15.1. The van der Waals surface area contributed by atoms with E-state index in [2.05, 4.69) is 135 Å². The summed E-state index contributed by atoms with van der Waals surface area (Å²) in [6.45, 7) is 0. The largest absolute Gasteiger partial charge is 0.454 e. The van der Waals surface area contributed by atoms with Crippen molar-refractivity contribution in [1.82, 2.24) is 24.9 Å². The van der Waals surface area contributed by atoms with Crippen LogP contribution >= 0.6 is 0 Å². The van der Waals surface area contributed by atoms with E-state index in [0.717, 1.165) is 116 Å². The maximum atomic E-state index is 6.18. The molecule has 0 aliphatic carbocycles. The van der Waals surface area contributed by atoms with Crippen LogP contribution in [0, 0.1) is 0 Å². The van der Waals surface area contributed by atoms with E-state index in [1.807, 2.05) is 73.4 Å². The predicted octanol–water partition coefficient (Wildman–Crippen LogP) is 13.6. The maximum Gasteiger partial charge on any atom is 0.154 e. The zero-order chi connectivity index (χ0) is 39.6. The molecule has 0 saturated carbocycles. The Morgan fingerprint density at radius 2 is 0.933 bits per heavy atom. The van der Waals surface area contributed by atoms with E-state index in [1.165, 1.54) is 0 Å². The molecule has 60 heavy (non-hydrogen) atoms. The number of benzene rings is 6. The fraction of sp³-hybridized carbons (Fsp3) is 0. The molecule has 6 aromatic heterocycles.